The summed E-state index contributed by atoms with van der Waals surface area (Å²) in [4.78, 5) is 0. The second-order valence-corrected chi connectivity index (χ2v) is 5.98. The van der Waals surface area contributed by atoms with Crippen LogP contribution in [0.3, 0.4) is 0 Å². The summed E-state index contributed by atoms with van der Waals surface area (Å²) in [5.41, 5.74) is -0.420. The van der Waals surface area contributed by atoms with Crippen LogP contribution in [0.4, 0.5) is 0 Å². The Morgan fingerprint density at radius 1 is 0.476 bits per heavy atom. The summed E-state index contributed by atoms with van der Waals surface area (Å²) in [7, 11) is 0. The Morgan fingerprint density at radius 2 is 0.714 bits per heavy atom. The molecule has 0 aromatic rings. The van der Waals surface area contributed by atoms with Crippen LogP contribution in [0, 0.1) is 5.41 Å². The lowest BCUT2D eigenvalue weighted by atomic mass is 9.92. The molecule has 21 heavy (non-hydrogen) atoms. The molecule has 0 saturated carbocycles. The van der Waals surface area contributed by atoms with Gasteiger partial charge in [-0.2, -0.15) is 0 Å². The first kappa shape index (κ1) is 22.0. The summed E-state index contributed by atoms with van der Waals surface area (Å²) in [5, 5.41) is 0. The maximum Gasteiger partial charge on any atom is 0.0637 e. The van der Waals surface area contributed by atoms with Crippen LogP contribution in [0.5, 0.6) is 0 Å². The van der Waals surface area contributed by atoms with Crippen molar-refractivity contribution in [1.29, 1.82) is 0 Å². The maximum atomic E-state index is 5.64. The van der Waals surface area contributed by atoms with Gasteiger partial charge < -0.3 is 18.9 Å². The molecule has 0 atom stereocenters. The molecule has 0 rings (SSSR count). The van der Waals surface area contributed by atoms with E-state index in [0.29, 0.717) is 76.4 Å². The van der Waals surface area contributed by atoms with Crippen LogP contribution in [0.25, 0.3) is 0 Å². The predicted octanol–water partition coefficient (Wildman–Crippen LogP) is 2.99. The van der Waals surface area contributed by atoms with E-state index < -0.39 is 5.41 Å². The molecule has 0 aromatic carbocycles. The molecule has 0 aromatic heterocycles. The molecule has 0 heterocycles. The van der Waals surface area contributed by atoms with Crippen molar-refractivity contribution in [2.45, 2.75) is 0 Å². The first-order valence-corrected chi connectivity index (χ1v) is 8.93. The number of hydrogen-bond donors (Lipinski definition) is 0. The third kappa shape index (κ3) is 12.1. The quantitative estimate of drug-likeness (QED) is 0.302. The highest BCUT2D eigenvalue weighted by molar-refractivity contribution is 6.18. The number of ether oxygens (including phenoxy) is 4. The first-order valence-electron chi connectivity index (χ1n) is 6.79. The van der Waals surface area contributed by atoms with Crippen LogP contribution in [0.1, 0.15) is 0 Å². The second-order valence-electron chi connectivity index (χ2n) is 4.47. The summed E-state index contributed by atoms with van der Waals surface area (Å²) in [5.74, 6) is 1.74. The number of hydrogen-bond acceptors (Lipinski definition) is 4. The molecule has 4 nitrogen and oxygen atoms in total. The molecule has 0 spiro atoms. The van der Waals surface area contributed by atoms with Gasteiger partial charge in [-0.15, -0.1) is 46.4 Å². The molecule has 0 fully saturated rings. The lowest BCUT2D eigenvalue weighted by molar-refractivity contribution is -0.100. The Bertz CT molecular complexity index is 177. The van der Waals surface area contributed by atoms with Crippen molar-refractivity contribution in [1.82, 2.24) is 0 Å². The van der Waals surface area contributed by atoms with E-state index in [1.165, 1.54) is 0 Å². The highest BCUT2D eigenvalue weighted by Gasteiger charge is 2.32. The molecule has 0 unspecified atom stereocenters. The Hall–Kier alpha value is 1.00. The van der Waals surface area contributed by atoms with Crippen LogP contribution < -0.4 is 0 Å². The zero-order chi connectivity index (χ0) is 15.8. The van der Waals surface area contributed by atoms with E-state index in [9.17, 15) is 0 Å². The van der Waals surface area contributed by atoms with E-state index >= 15 is 0 Å². The first-order chi connectivity index (χ1) is 10.2. The average molecular weight is 386 g/mol. The average Bonchev–Trinajstić information content (AvgIpc) is 2.48. The topological polar surface area (TPSA) is 36.9 Å². The van der Waals surface area contributed by atoms with Crippen molar-refractivity contribution in [2.75, 3.05) is 76.4 Å². The Morgan fingerprint density at radius 3 is 0.905 bits per heavy atom. The number of rotatable bonds is 16. The molecule has 0 bridgehead atoms. The van der Waals surface area contributed by atoms with Crippen LogP contribution in [-0.4, -0.2) is 76.4 Å². The number of alkyl halides is 4. The van der Waals surface area contributed by atoms with Crippen molar-refractivity contribution in [3.05, 3.63) is 0 Å². The van der Waals surface area contributed by atoms with E-state index in [-0.39, 0.29) is 0 Å². The third-order valence-corrected chi connectivity index (χ3v) is 3.14. The smallest absolute Gasteiger partial charge is 0.0637 e. The van der Waals surface area contributed by atoms with E-state index in [2.05, 4.69) is 0 Å². The Kier molecular flexibility index (Phi) is 16.6. The lowest BCUT2D eigenvalue weighted by Crippen LogP contribution is -2.42. The molecule has 0 aliphatic carbocycles. The van der Waals surface area contributed by atoms with Gasteiger partial charge in [0.1, 0.15) is 0 Å². The molecular formula is C13H24Cl4O4. The zero-order valence-electron chi connectivity index (χ0n) is 12.1. The minimum atomic E-state index is -0.420. The predicted molar refractivity (Wildman–Crippen MR) is 88.6 cm³/mol. The van der Waals surface area contributed by atoms with Gasteiger partial charge in [-0.25, -0.2) is 0 Å². The standard InChI is InChI=1S/C13H24Cl4O4/c14-1-5-18-9-13(10-19-6-2-15,11-20-7-3-16)12-21-8-4-17/h1-12H2. The molecule has 8 heteroatoms. The van der Waals surface area contributed by atoms with Crippen LogP contribution >= 0.6 is 46.4 Å². The summed E-state index contributed by atoms with van der Waals surface area (Å²) in [6, 6.07) is 0. The summed E-state index contributed by atoms with van der Waals surface area (Å²) in [6.45, 7) is 3.54. The van der Waals surface area contributed by atoms with Crippen LogP contribution in [0.15, 0.2) is 0 Å². The molecule has 0 amide bonds. The van der Waals surface area contributed by atoms with Crippen LogP contribution in [0.2, 0.25) is 0 Å². The van der Waals surface area contributed by atoms with Gasteiger partial charge in [-0.05, 0) is 0 Å². The fourth-order valence-electron chi connectivity index (χ4n) is 1.62. The van der Waals surface area contributed by atoms with Gasteiger partial charge >= 0.3 is 0 Å². The fourth-order valence-corrected chi connectivity index (χ4v) is 2.06. The SMILES string of the molecule is ClCCOCC(COCCCl)(COCCCl)COCCCl. The highest BCUT2D eigenvalue weighted by atomic mass is 35.5. The molecule has 0 aliphatic heterocycles. The molecule has 0 radical (unpaired) electrons. The molecular weight excluding hydrogens is 362 g/mol. The van der Waals surface area contributed by atoms with Gasteiger partial charge in [0.2, 0.25) is 0 Å². The van der Waals surface area contributed by atoms with Gasteiger partial charge in [0.15, 0.2) is 0 Å². The second kappa shape index (κ2) is 15.9. The maximum absolute atomic E-state index is 5.64. The summed E-state index contributed by atoms with van der Waals surface area (Å²) < 4.78 is 22.3. The van der Waals surface area contributed by atoms with Crippen molar-refractivity contribution in [3.63, 3.8) is 0 Å². The van der Waals surface area contributed by atoms with Crippen LogP contribution in [-0.2, 0) is 18.9 Å². The van der Waals surface area contributed by atoms with E-state index in [1.807, 2.05) is 0 Å². The monoisotopic (exact) mass is 384 g/mol. The van der Waals surface area contributed by atoms with E-state index in [0.717, 1.165) is 0 Å². The molecule has 128 valence electrons. The summed E-state index contributed by atoms with van der Waals surface area (Å²) in [6.07, 6.45) is 0. The van der Waals surface area contributed by atoms with Gasteiger partial charge in [-0.1, -0.05) is 0 Å². The largest absolute Gasteiger partial charge is 0.379 e. The summed E-state index contributed by atoms with van der Waals surface area (Å²) >= 11 is 22.6. The van der Waals surface area contributed by atoms with Crippen molar-refractivity contribution in [2.24, 2.45) is 5.41 Å². The highest BCUT2D eigenvalue weighted by Crippen LogP contribution is 2.21. The van der Waals surface area contributed by atoms with Crippen molar-refractivity contribution >= 4 is 46.4 Å². The molecule has 0 saturated heterocycles. The van der Waals surface area contributed by atoms with Gasteiger partial charge in [0.25, 0.3) is 0 Å². The Balaban J connectivity index is 4.52. The normalized spacial score (nSPS) is 12.0. The molecule has 0 N–H and O–H groups in total. The lowest BCUT2D eigenvalue weighted by Gasteiger charge is -2.32. The third-order valence-electron chi connectivity index (χ3n) is 2.52. The Labute approximate surface area is 147 Å². The van der Waals surface area contributed by atoms with Gasteiger partial charge in [-0.3, -0.25) is 0 Å². The zero-order valence-corrected chi connectivity index (χ0v) is 15.2. The van der Waals surface area contributed by atoms with Crippen molar-refractivity contribution in [3.8, 4) is 0 Å². The van der Waals surface area contributed by atoms with E-state index in [1.54, 1.807) is 0 Å². The molecule has 0 aliphatic rings. The van der Waals surface area contributed by atoms with Gasteiger partial charge in [0.05, 0.1) is 58.3 Å². The minimum absolute atomic E-state index is 0.420. The van der Waals surface area contributed by atoms with Crippen molar-refractivity contribution < 1.29 is 18.9 Å². The fraction of sp³-hybridized carbons (Fsp3) is 1.00. The van der Waals surface area contributed by atoms with Gasteiger partial charge in [0, 0.05) is 23.5 Å². The number of halogens is 4. The minimum Gasteiger partial charge on any atom is -0.379 e. The van der Waals surface area contributed by atoms with E-state index in [4.69, 9.17) is 65.4 Å².